The predicted molar refractivity (Wildman–Crippen MR) is 47.0 cm³/mol. The maximum Gasteiger partial charge on any atom is 0.168 e. The number of rotatable bonds is 5. The largest absolute Gasteiger partial charge is 0.491 e. The van der Waals surface area contributed by atoms with Gasteiger partial charge in [0.1, 0.15) is 18.1 Å². The summed E-state index contributed by atoms with van der Waals surface area (Å²) in [6.45, 7) is 0.998. The summed E-state index contributed by atoms with van der Waals surface area (Å²) in [6, 6.07) is 3.28. The second kappa shape index (κ2) is 5.27. The molecular formula is C9H11NO3. The lowest BCUT2D eigenvalue weighted by Gasteiger charge is -2.04. The molecule has 4 heteroatoms. The first kappa shape index (κ1) is 9.67. The minimum Gasteiger partial charge on any atom is -0.491 e. The van der Waals surface area contributed by atoms with Gasteiger partial charge in [0, 0.05) is 19.4 Å². The molecular weight excluding hydrogens is 170 g/mol. The first-order valence-electron chi connectivity index (χ1n) is 3.90. The molecule has 0 aliphatic rings. The Morgan fingerprint density at radius 1 is 1.54 bits per heavy atom. The molecule has 0 aliphatic heterocycles. The minimum atomic E-state index is 0.370. The average Bonchev–Trinajstić information content (AvgIpc) is 2.19. The van der Waals surface area contributed by atoms with Crippen molar-refractivity contribution in [2.24, 2.45) is 0 Å². The van der Waals surface area contributed by atoms with Gasteiger partial charge in [0.05, 0.1) is 6.61 Å². The van der Waals surface area contributed by atoms with E-state index in [0.29, 0.717) is 30.9 Å². The molecule has 0 spiro atoms. The van der Waals surface area contributed by atoms with E-state index in [4.69, 9.17) is 9.47 Å². The zero-order valence-corrected chi connectivity index (χ0v) is 7.40. The summed E-state index contributed by atoms with van der Waals surface area (Å²) in [7, 11) is 1.60. The van der Waals surface area contributed by atoms with Gasteiger partial charge in [-0.3, -0.25) is 9.78 Å². The molecule has 1 aromatic rings. The third-order valence-electron chi connectivity index (χ3n) is 1.43. The molecule has 0 N–H and O–H groups in total. The van der Waals surface area contributed by atoms with E-state index in [1.807, 2.05) is 0 Å². The lowest BCUT2D eigenvalue weighted by molar-refractivity contribution is 0.111. The van der Waals surface area contributed by atoms with E-state index in [-0.39, 0.29) is 0 Å². The fraction of sp³-hybridized carbons (Fsp3) is 0.333. The lowest BCUT2D eigenvalue weighted by Crippen LogP contribution is -2.04. The number of methoxy groups -OCH3 is 1. The summed E-state index contributed by atoms with van der Waals surface area (Å²) in [5.74, 6) is 0.633. The summed E-state index contributed by atoms with van der Waals surface area (Å²) in [5.41, 5.74) is 0.370. The fourth-order valence-electron chi connectivity index (χ4n) is 0.825. The zero-order chi connectivity index (χ0) is 9.52. The number of nitrogens with zero attached hydrogens (tertiary/aromatic N) is 1. The third-order valence-corrected chi connectivity index (χ3v) is 1.43. The normalized spacial score (nSPS) is 9.62. The van der Waals surface area contributed by atoms with Crippen LogP contribution in [0.5, 0.6) is 5.75 Å². The summed E-state index contributed by atoms with van der Waals surface area (Å²) >= 11 is 0. The van der Waals surface area contributed by atoms with Crippen LogP contribution in [0, 0.1) is 0 Å². The van der Waals surface area contributed by atoms with Crippen LogP contribution in [-0.4, -0.2) is 31.6 Å². The topological polar surface area (TPSA) is 48.4 Å². The summed E-state index contributed by atoms with van der Waals surface area (Å²) in [6.07, 6.45) is 2.22. The molecule has 0 saturated heterocycles. The standard InChI is InChI=1S/C9H11NO3/c1-12-4-5-13-9-2-3-10-8(6-9)7-11/h2-3,6-7H,4-5H2,1H3. The molecule has 0 aromatic carbocycles. The van der Waals surface area contributed by atoms with Crippen molar-refractivity contribution >= 4 is 6.29 Å². The van der Waals surface area contributed by atoms with Crippen LogP contribution in [0.2, 0.25) is 0 Å². The van der Waals surface area contributed by atoms with Crippen molar-refractivity contribution in [1.82, 2.24) is 4.98 Å². The van der Waals surface area contributed by atoms with Gasteiger partial charge in [0.15, 0.2) is 6.29 Å². The van der Waals surface area contributed by atoms with Crippen LogP contribution in [0.4, 0.5) is 0 Å². The van der Waals surface area contributed by atoms with Crippen LogP contribution in [-0.2, 0) is 4.74 Å². The van der Waals surface area contributed by atoms with Crippen LogP contribution in [0.1, 0.15) is 10.5 Å². The molecule has 0 radical (unpaired) electrons. The molecule has 1 aromatic heterocycles. The number of carbonyl (C=O) groups excluding carboxylic acids is 1. The highest BCUT2D eigenvalue weighted by atomic mass is 16.5. The van der Waals surface area contributed by atoms with Crippen LogP contribution in [0.15, 0.2) is 18.3 Å². The number of pyridine rings is 1. The first-order chi connectivity index (χ1) is 6.36. The second-order valence-electron chi connectivity index (χ2n) is 2.38. The highest BCUT2D eigenvalue weighted by Crippen LogP contribution is 2.09. The quantitative estimate of drug-likeness (QED) is 0.500. The Kier molecular flexibility index (Phi) is 3.92. The molecule has 13 heavy (non-hydrogen) atoms. The van der Waals surface area contributed by atoms with Crippen molar-refractivity contribution in [3.05, 3.63) is 24.0 Å². The van der Waals surface area contributed by atoms with E-state index in [0.717, 1.165) is 0 Å². The van der Waals surface area contributed by atoms with Crippen LogP contribution in [0.25, 0.3) is 0 Å². The Balaban J connectivity index is 2.51. The molecule has 0 aliphatic carbocycles. The van der Waals surface area contributed by atoms with Gasteiger partial charge in [-0.1, -0.05) is 0 Å². The Hall–Kier alpha value is -1.42. The number of aldehydes is 1. The van der Waals surface area contributed by atoms with E-state index < -0.39 is 0 Å². The summed E-state index contributed by atoms with van der Waals surface area (Å²) in [5, 5.41) is 0. The molecule has 70 valence electrons. The van der Waals surface area contributed by atoms with Gasteiger partial charge in [0.2, 0.25) is 0 Å². The van der Waals surface area contributed by atoms with E-state index in [1.165, 1.54) is 6.20 Å². The Bertz CT molecular complexity index is 275. The smallest absolute Gasteiger partial charge is 0.168 e. The van der Waals surface area contributed by atoms with Gasteiger partial charge in [-0.05, 0) is 6.07 Å². The molecule has 0 atom stereocenters. The van der Waals surface area contributed by atoms with Crippen LogP contribution in [0.3, 0.4) is 0 Å². The molecule has 0 amide bonds. The summed E-state index contributed by atoms with van der Waals surface area (Å²) in [4.78, 5) is 14.2. The molecule has 0 saturated carbocycles. The maximum atomic E-state index is 10.3. The molecule has 0 unspecified atom stereocenters. The van der Waals surface area contributed by atoms with Crippen molar-refractivity contribution in [3.8, 4) is 5.75 Å². The monoisotopic (exact) mass is 181 g/mol. The van der Waals surface area contributed by atoms with Gasteiger partial charge in [-0.25, -0.2) is 0 Å². The number of hydrogen-bond donors (Lipinski definition) is 0. The maximum absolute atomic E-state index is 10.3. The van der Waals surface area contributed by atoms with E-state index in [2.05, 4.69) is 4.98 Å². The zero-order valence-electron chi connectivity index (χ0n) is 7.40. The SMILES string of the molecule is COCCOc1ccnc(C=O)c1. The molecule has 0 bridgehead atoms. The Labute approximate surface area is 76.5 Å². The average molecular weight is 181 g/mol. The van der Waals surface area contributed by atoms with E-state index >= 15 is 0 Å². The van der Waals surface area contributed by atoms with E-state index in [9.17, 15) is 4.79 Å². The highest BCUT2D eigenvalue weighted by Gasteiger charge is 1.95. The highest BCUT2D eigenvalue weighted by molar-refractivity contribution is 5.72. The first-order valence-corrected chi connectivity index (χ1v) is 3.90. The van der Waals surface area contributed by atoms with Crippen molar-refractivity contribution in [2.45, 2.75) is 0 Å². The number of carbonyl (C=O) groups is 1. The van der Waals surface area contributed by atoms with Crippen molar-refractivity contribution < 1.29 is 14.3 Å². The Morgan fingerprint density at radius 3 is 3.08 bits per heavy atom. The Morgan fingerprint density at radius 2 is 2.38 bits per heavy atom. The second-order valence-corrected chi connectivity index (χ2v) is 2.38. The molecule has 4 nitrogen and oxygen atoms in total. The van der Waals surface area contributed by atoms with Crippen molar-refractivity contribution in [3.63, 3.8) is 0 Å². The van der Waals surface area contributed by atoms with E-state index in [1.54, 1.807) is 19.2 Å². The number of ether oxygens (including phenoxy) is 2. The lowest BCUT2D eigenvalue weighted by atomic mass is 10.3. The van der Waals surface area contributed by atoms with Crippen LogP contribution >= 0.6 is 0 Å². The fourth-order valence-corrected chi connectivity index (χ4v) is 0.825. The summed E-state index contributed by atoms with van der Waals surface area (Å²) < 4.78 is 10.1. The van der Waals surface area contributed by atoms with Crippen molar-refractivity contribution in [1.29, 1.82) is 0 Å². The molecule has 0 fully saturated rings. The predicted octanol–water partition coefficient (Wildman–Crippen LogP) is 0.919. The number of hydrogen-bond acceptors (Lipinski definition) is 4. The van der Waals surface area contributed by atoms with Gasteiger partial charge in [-0.15, -0.1) is 0 Å². The molecule has 1 rings (SSSR count). The number of aromatic nitrogens is 1. The van der Waals surface area contributed by atoms with Gasteiger partial charge in [-0.2, -0.15) is 0 Å². The minimum absolute atomic E-state index is 0.370. The van der Waals surface area contributed by atoms with Gasteiger partial charge >= 0.3 is 0 Å². The third kappa shape index (κ3) is 3.21. The van der Waals surface area contributed by atoms with Gasteiger partial charge < -0.3 is 9.47 Å². The van der Waals surface area contributed by atoms with Gasteiger partial charge in [0.25, 0.3) is 0 Å². The van der Waals surface area contributed by atoms with Crippen molar-refractivity contribution in [2.75, 3.05) is 20.3 Å². The van der Waals surface area contributed by atoms with Crippen LogP contribution < -0.4 is 4.74 Å². The molecule has 1 heterocycles.